The molecule has 30 heavy (non-hydrogen) atoms. The molecule has 0 amide bonds. The second-order valence-electron chi connectivity index (χ2n) is 9.08. The van der Waals surface area contributed by atoms with E-state index in [1.807, 2.05) is 19.9 Å². The molecule has 0 unspecified atom stereocenters. The molecule has 3 N–H and O–H groups in total. The lowest BCUT2D eigenvalue weighted by atomic mass is 9.91. The number of hydrogen-bond donors (Lipinski definition) is 3. The van der Waals surface area contributed by atoms with Crippen molar-refractivity contribution in [3.63, 3.8) is 0 Å². The predicted molar refractivity (Wildman–Crippen MR) is 120 cm³/mol. The van der Waals surface area contributed by atoms with Crippen LogP contribution in [-0.4, -0.2) is 39.3 Å². The molecule has 1 aliphatic carbocycles. The summed E-state index contributed by atoms with van der Waals surface area (Å²) in [5.41, 5.74) is 1.79. The van der Waals surface area contributed by atoms with E-state index in [4.69, 9.17) is 5.11 Å². The summed E-state index contributed by atoms with van der Waals surface area (Å²) >= 11 is 0. The fraction of sp³-hybridized carbons (Fsp3) is 0.760. The molecule has 172 valence electrons. The van der Waals surface area contributed by atoms with E-state index in [1.165, 1.54) is 0 Å². The molecule has 0 fully saturated rings. The van der Waals surface area contributed by atoms with Crippen LogP contribution in [0.25, 0.3) is 0 Å². The van der Waals surface area contributed by atoms with Gasteiger partial charge in [0.1, 0.15) is 0 Å². The van der Waals surface area contributed by atoms with Gasteiger partial charge < -0.3 is 15.3 Å². The van der Waals surface area contributed by atoms with E-state index >= 15 is 0 Å². The molecule has 0 aromatic carbocycles. The van der Waals surface area contributed by atoms with E-state index in [-0.39, 0.29) is 24.0 Å². The lowest BCUT2D eigenvalue weighted by molar-refractivity contribution is -0.137. The number of hydrogen-bond acceptors (Lipinski definition) is 4. The maximum atomic E-state index is 12.8. The minimum atomic E-state index is -0.763. The fourth-order valence-corrected chi connectivity index (χ4v) is 4.14. The van der Waals surface area contributed by atoms with Gasteiger partial charge in [0.2, 0.25) is 0 Å². The maximum absolute atomic E-state index is 12.8. The molecule has 0 aliphatic heterocycles. The first-order chi connectivity index (χ1) is 14.3. The van der Waals surface area contributed by atoms with Crippen molar-refractivity contribution >= 4 is 11.8 Å². The Hall–Kier alpha value is -1.46. The van der Waals surface area contributed by atoms with Crippen molar-refractivity contribution in [3.8, 4) is 0 Å². The van der Waals surface area contributed by atoms with Gasteiger partial charge in [0, 0.05) is 25.2 Å². The van der Waals surface area contributed by atoms with Crippen molar-refractivity contribution in [3.05, 3.63) is 23.3 Å². The molecule has 5 heteroatoms. The van der Waals surface area contributed by atoms with Gasteiger partial charge in [0.05, 0.1) is 12.2 Å². The number of carboxylic acid groups (broad SMARTS) is 1. The third-order valence-electron chi connectivity index (χ3n) is 5.78. The quantitative estimate of drug-likeness (QED) is 0.235. The van der Waals surface area contributed by atoms with Gasteiger partial charge in [-0.05, 0) is 37.2 Å². The third-order valence-corrected chi connectivity index (χ3v) is 5.78. The number of ketones is 1. The number of carboxylic acids is 1. The van der Waals surface area contributed by atoms with Crippen LogP contribution in [0.4, 0.5) is 0 Å². The average molecular weight is 423 g/mol. The van der Waals surface area contributed by atoms with Crippen LogP contribution in [0.1, 0.15) is 97.8 Å². The molecule has 1 aliphatic rings. The zero-order chi connectivity index (χ0) is 22.5. The molecule has 0 bridgehead atoms. The van der Waals surface area contributed by atoms with E-state index in [0.29, 0.717) is 19.3 Å². The molecule has 0 saturated heterocycles. The number of aliphatic hydroxyl groups excluding tert-OH is 2. The number of unbranched alkanes of at least 4 members (excludes halogenated alkanes) is 5. The first-order valence-corrected chi connectivity index (χ1v) is 11.8. The van der Waals surface area contributed by atoms with Crippen LogP contribution in [0.2, 0.25) is 0 Å². The van der Waals surface area contributed by atoms with Crippen molar-refractivity contribution < 1.29 is 24.9 Å². The van der Waals surface area contributed by atoms with Crippen molar-refractivity contribution in [2.24, 2.45) is 11.8 Å². The summed E-state index contributed by atoms with van der Waals surface area (Å²) in [6.07, 6.45) is 11.6. The van der Waals surface area contributed by atoms with Gasteiger partial charge in [-0.2, -0.15) is 0 Å². The predicted octanol–water partition coefficient (Wildman–Crippen LogP) is 5.20. The van der Waals surface area contributed by atoms with Crippen LogP contribution >= 0.6 is 0 Å². The van der Waals surface area contributed by atoms with Crippen LogP contribution in [0.3, 0.4) is 0 Å². The molecule has 3 atom stereocenters. The number of carbonyl (C=O) groups is 2. The Bertz CT molecular complexity index is 590. The Morgan fingerprint density at radius 1 is 1.10 bits per heavy atom. The number of rotatable bonds is 16. The van der Waals surface area contributed by atoms with Crippen molar-refractivity contribution in [2.45, 2.75) is 110 Å². The normalized spacial score (nSPS) is 20.5. The zero-order valence-electron chi connectivity index (χ0n) is 19.1. The minimum Gasteiger partial charge on any atom is -0.481 e. The van der Waals surface area contributed by atoms with Gasteiger partial charge in [-0.25, -0.2) is 0 Å². The smallest absolute Gasteiger partial charge is 0.303 e. The monoisotopic (exact) mass is 422 g/mol. The van der Waals surface area contributed by atoms with Gasteiger partial charge in [-0.3, -0.25) is 9.59 Å². The Kier molecular flexibility index (Phi) is 12.9. The van der Waals surface area contributed by atoms with Gasteiger partial charge in [-0.1, -0.05) is 70.6 Å². The molecule has 0 aromatic heterocycles. The second kappa shape index (κ2) is 14.5. The molecule has 0 aromatic rings. The highest BCUT2D eigenvalue weighted by Crippen LogP contribution is 2.38. The fourth-order valence-electron chi connectivity index (χ4n) is 4.14. The summed E-state index contributed by atoms with van der Waals surface area (Å²) in [6, 6.07) is 0. The Morgan fingerprint density at radius 2 is 1.80 bits per heavy atom. The van der Waals surface area contributed by atoms with Gasteiger partial charge in [-0.15, -0.1) is 0 Å². The van der Waals surface area contributed by atoms with Crippen LogP contribution in [0.5, 0.6) is 0 Å². The summed E-state index contributed by atoms with van der Waals surface area (Å²) in [5.74, 6) is -0.574. The highest BCUT2D eigenvalue weighted by atomic mass is 16.4. The summed E-state index contributed by atoms with van der Waals surface area (Å²) < 4.78 is 0. The highest BCUT2D eigenvalue weighted by molar-refractivity contribution is 5.97. The van der Waals surface area contributed by atoms with E-state index in [0.717, 1.165) is 62.5 Å². The van der Waals surface area contributed by atoms with Crippen molar-refractivity contribution in [1.29, 1.82) is 0 Å². The molecule has 0 spiro atoms. The van der Waals surface area contributed by atoms with E-state index in [1.54, 1.807) is 6.08 Å². The number of carbonyl (C=O) groups excluding carboxylic acids is 1. The third kappa shape index (κ3) is 10.0. The SMILES string of the molecule is CCCCC[C@H](O)/C=C/[C@@H]1C(CCCCCCC(=O)O)=C(C(=O)CC(C)C)C[C@H]1O. The van der Waals surface area contributed by atoms with E-state index in [2.05, 4.69) is 6.92 Å². The Morgan fingerprint density at radius 3 is 2.43 bits per heavy atom. The number of aliphatic hydroxyl groups is 2. The summed E-state index contributed by atoms with van der Waals surface area (Å²) in [4.78, 5) is 23.4. The lowest BCUT2D eigenvalue weighted by Gasteiger charge is -2.16. The van der Waals surface area contributed by atoms with Crippen LogP contribution in [0.15, 0.2) is 23.3 Å². The Labute approximate surface area is 182 Å². The molecular formula is C25H42O5. The van der Waals surface area contributed by atoms with Gasteiger partial charge in [0.25, 0.3) is 0 Å². The largest absolute Gasteiger partial charge is 0.481 e. The number of aliphatic carboxylic acids is 1. The molecule has 0 heterocycles. The van der Waals surface area contributed by atoms with E-state index in [9.17, 15) is 19.8 Å². The van der Waals surface area contributed by atoms with Crippen molar-refractivity contribution in [1.82, 2.24) is 0 Å². The minimum absolute atomic E-state index is 0.129. The number of Topliss-reactive ketones (excluding diaryl/α,β-unsaturated/α-hetero) is 1. The van der Waals surface area contributed by atoms with Crippen LogP contribution < -0.4 is 0 Å². The second-order valence-corrected chi connectivity index (χ2v) is 9.08. The van der Waals surface area contributed by atoms with Gasteiger partial charge >= 0.3 is 5.97 Å². The average Bonchev–Trinajstić information content (AvgIpc) is 2.98. The van der Waals surface area contributed by atoms with Crippen molar-refractivity contribution in [2.75, 3.05) is 0 Å². The lowest BCUT2D eigenvalue weighted by Crippen LogP contribution is -2.15. The standard InChI is InChI=1S/C25H42O5/c1-4-5-8-11-19(26)14-15-21-20(12-9-6-7-10-13-25(29)30)22(17-24(21)28)23(27)16-18(2)3/h14-15,18-19,21,24,26,28H,4-13,16-17H2,1-3H3,(H,29,30)/b15-14+/t19-,21+,24+/m0/s1. The first-order valence-electron chi connectivity index (χ1n) is 11.8. The topological polar surface area (TPSA) is 94.8 Å². The molecular weight excluding hydrogens is 380 g/mol. The summed E-state index contributed by atoms with van der Waals surface area (Å²) in [6.45, 7) is 6.18. The first kappa shape index (κ1) is 26.6. The molecule has 0 saturated carbocycles. The molecule has 0 radical (unpaired) electrons. The van der Waals surface area contributed by atoms with E-state index < -0.39 is 18.2 Å². The van der Waals surface area contributed by atoms with Crippen LogP contribution in [0, 0.1) is 11.8 Å². The highest BCUT2D eigenvalue weighted by Gasteiger charge is 2.34. The summed E-state index contributed by atoms with van der Waals surface area (Å²) in [7, 11) is 0. The Balaban J connectivity index is 2.80. The zero-order valence-corrected chi connectivity index (χ0v) is 19.1. The molecule has 5 nitrogen and oxygen atoms in total. The van der Waals surface area contributed by atoms with Crippen LogP contribution in [-0.2, 0) is 9.59 Å². The van der Waals surface area contributed by atoms with Gasteiger partial charge in [0.15, 0.2) is 5.78 Å². The molecule has 1 rings (SSSR count). The maximum Gasteiger partial charge on any atom is 0.303 e. The summed E-state index contributed by atoms with van der Waals surface area (Å²) in [5, 5.41) is 29.6.